The van der Waals surface area contributed by atoms with Crippen LogP contribution in [0.4, 0.5) is 0 Å². The van der Waals surface area contributed by atoms with E-state index in [9.17, 15) is 4.79 Å². The number of hydrogen-bond donors (Lipinski definition) is 2. The third kappa shape index (κ3) is 3.42. The SMILES string of the molecule is Cc1ccc(-c2nc(CNC(=O)C(C)O)co2)cc1. The molecular weight excluding hydrogens is 244 g/mol. The Hall–Kier alpha value is -2.14. The second kappa shape index (κ2) is 5.67. The lowest BCUT2D eigenvalue weighted by molar-refractivity contribution is -0.128. The van der Waals surface area contributed by atoms with E-state index in [1.165, 1.54) is 18.8 Å². The number of aliphatic hydroxyl groups is 1. The molecule has 2 N–H and O–H groups in total. The summed E-state index contributed by atoms with van der Waals surface area (Å²) >= 11 is 0. The van der Waals surface area contributed by atoms with Crippen LogP contribution in [0.15, 0.2) is 34.9 Å². The van der Waals surface area contributed by atoms with Gasteiger partial charge in [0, 0.05) is 5.56 Å². The number of carbonyl (C=O) groups excluding carboxylic acids is 1. The van der Waals surface area contributed by atoms with Crippen molar-refractivity contribution in [3.63, 3.8) is 0 Å². The van der Waals surface area contributed by atoms with Gasteiger partial charge in [-0.25, -0.2) is 4.98 Å². The van der Waals surface area contributed by atoms with Crippen LogP contribution >= 0.6 is 0 Å². The molecule has 0 aliphatic carbocycles. The molecule has 0 radical (unpaired) electrons. The molecule has 1 aromatic carbocycles. The third-order valence-electron chi connectivity index (χ3n) is 2.67. The first-order valence-corrected chi connectivity index (χ1v) is 6.03. The molecule has 1 unspecified atom stereocenters. The maximum Gasteiger partial charge on any atom is 0.248 e. The van der Waals surface area contributed by atoms with E-state index < -0.39 is 12.0 Å². The minimum absolute atomic E-state index is 0.235. The predicted octanol–water partition coefficient (Wildman–Crippen LogP) is 1.65. The van der Waals surface area contributed by atoms with Crippen LogP contribution in [0.25, 0.3) is 11.5 Å². The van der Waals surface area contributed by atoms with Gasteiger partial charge in [0.05, 0.1) is 12.2 Å². The number of amides is 1. The fourth-order valence-corrected chi connectivity index (χ4v) is 1.54. The molecule has 0 spiro atoms. The highest BCUT2D eigenvalue weighted by Gasteiger charge is 2.10. The molecular formula is C14H16N2O3. The number of benzene rings is 1. The van der Waals surface area contributed by atoms with Crippen LogP contribution in [0.3, 0.4) is 0 Å². The van der Waals surface area contributed by atoms with Gasteiger partial charge in [0.25, 0.3) is 0 Å². The van der Waals surface area contributed by atoms with Crippen LogP contribution in [0, 0.1) is 6.92 Å². The number of aliphatic hydroxyl groups excluding tert-OH is 1. The van der Waals surface area contributed by atoms with Gasteiger partial charge >= 0.3 is 0 Å². The van der Waals surface area contributed by atoms with Gasteiger partial charge in [-0.15, -0.1) is 0 Å². The van der Waals surface area contributed by atoms with Crippen LogP contribution in [-0.2, 0) is 11.3 Å². The van der Waals surface area contributed by atoms with Gasteiger partial charge in [0.1, 0.15) is 12.4 Å². The molecule has 0 bridgehead atoms. The normalized spacial score (nSPS) is 12.2. The highest BCUT2D eigenvalue weighted by molar-refractivity contribution is 5.79. The fraction of sp³-hybridized carbons (Fsp3) is 0.286. The molecule has 0 aliphatic rings. The number of rotatable bonds is 4. The summed E-state index contributed by atoms with van der Waals surface area (Å²) in [4.78, 5) is 15.5. The molecule has 5 heteroatoms. The Morgan fingerprint density at radius 3 is 2.74 bits per heavy atom. The Morgan fingerprint density at radius 2 is 2.11 bits per heavy atom. The van der Waals surface area contributed by atoms with Crippen LogP contribution < -0.4 is 5.32 Å². The first kappa shape index (κ1) is 13.3. The summed E-state index contributed by atoms with van der Waals surface area (Å²) < 4.78 is 5.36. The molecule has 1 amide bonds. The van der Waals surface area contributed by atoms with E-state index in [0.717, 1.165) is 5.56 Å². The lowest BCUT2D eigenvalue weighted by Gasteiger charge is -2.03. The summed E-state index contributed by atoms with van der Waals surface area (Å²) in [6.45, 7) is 3.66. The van der Waals surface area contributed by atoms with E-state index in [4.69, 9.17) is 9.52 Å². The molecule has 2 rings (SSSR count). The van der Waals surface area contributed by atoms with Gasteiger partial charge in [-0.3, -0.25) is 4.79 Å². The first-order chi connectivity index (χ1) is 9.06. The Balaban J connectivity index is 2.03. The third-order valence-corrected chi connectivity index (χ3v) is 2.67. The lowest BCUT2D eigenvalue weighted by atomic mass is 10.1. The van der Waals surface area contributed by atoms with Crippen molar-refractivity contribution in [2.75, 3.05) is 0 Å². The van der Waals surface area contributed by atoms with Crippen molar-refractivity contribution in [1.29, 1.82) is 0 Å². The van der Waals surface area contributed by atoms with Crippen molar-refractivity contribution < 1.29 is 14.3 Å². The Labute approximate surface area is 111 Å². The number of aromatic nitrogens is 1. The predicted molar refractivity (Wildman–Crippen MR) is 70.2 cm³/mol. The van der Waals surface area contributed by atoms with Crippen molar-refractivity contribution >= 4 is 5.91 Å². The summed E-state index contributed by atoms with van der Waals surface area (Å²) in [5.74, 6) is 0.0844. The topological polar surface area (TPSA) is 75.4 Å². The number of oxazole rings is 1. The minimum Gasteiger partial charge on any atom is -0.444 e. The average molecular weight is 260 g/mol. The largest absolute Gasteiger partial charge is 0.444 e. The summed E-state index contributed by atoms with van der Waals surface area (Å²) in [7, 11) is 0. The molecule has 1 aromatic heterocycles. The van der Waals surface area contributed by atoms with Crippen LogP contribution in [0.1, 0.15) is 18.2 Å². The van der Waals surface area contributed by atoms with E-state index in [1.54, 1.807) is 0 Å². The molecule has 0 saturated heterocycles. The van der Waals surface area contributed by atoms with E-state index >= 15 is 0 Å². The van der Waals surface area contributed by atoms with Gasteiger partial charge in [0.2, 0.25) is 11.8 Å². The molecule has 19 heavy (non-hydrogen) atoms. The molecule has 1 heterocycles. The van der Waals surface area contributed by atoms with Gasteiger partial charge < -0.3 is 14.8 Å². The molecule has 1 atom stereocenters. The molecule has 2 aromatic rings. The number of aryl methyl sites for hydroxylation is 1. The highest BCUT2D eigenvalue weighted by Crippen LogP contribution is 2.18. The summed E-state index contributed by atoms with van der Waals surface area (Å²) in [5, 5.41) is 11.6. The highest BCUT2D eigenvalue weighted by atomic mass is 16.3. The second-order valence-corrected chi connectivity index (χ2v) is 4.40. The standard InChI is InChI=1S/C14H16N2O3/c1-9-3-5-11(6-4-9)14-16-12(8-19-14)7-15-13(18)10(2)17/h3-6,8,10,17H,7H2,1-2H3,(H,15,18). The van der Waals surface area contributed by atoms with Crippen molar-refractivity contribution in [1.82, 2.24) is 10.3 Å². The van der Waals surface area contributed by atoms with Crippen LogP contribution in [-0.4, -0.2) is 22.1 Å². The van der Waals surface area contributed by atoms with Crippen LogP contribution in [0.5, 0.6) is 0 Å². The number of nitrogens with zero attached hydrogens (tertiary/aromatic N) is 1. The smallest absolute Gasteiger partial charge is 0.248 e. The van der Waals surface area contributed by atoms with Gasteiger partial charge in [-0.1, -0.05) is 17.7 Å². The fourth-order valence-electron chi connectivity index (χ4n) is 1.54. The minimum atomic E-state index is -1.02. The van der Waals surface area contributed by atoms with E-state index in [1.807, 2.05) is 31.2 Å². The lowest BCUT2D eigenvalue weighted by Crippen LogP contribution is -2.32. The molecule has 5 nitrogen and oxygen atoms in total. The van der Waals surface area contributed by atoms with E-state index in [0.29, 0.717) is 11.6 Å². The van der Waals surface area contributed by atoms with Crippen molar-refractivity contribution in [3.8, 4) is 11.5 Å². The van der Waals surface area contributed by atoms with E-state index in [-0.39, 0.29) is 6.54 Å². The summed E-state index contributed by atoms with van der Waals surface area (Å²) in [5.41, 5.74) is 2.67. The Bertz CT molecular complexity index is 558. The first-order valence-electron chi connectivity index (χ1n) is 6.03. The maximum atomic E-state index is 11.2. The molecule has 0 fully saturated rings. The zero-order valence-corrected chi connectivity index (χ0v) is 10.9. The van der Waals surface area contributed by atoms with Gasteiger partial charge in [-0.05, 0) is 26.0 Å². The number of carbonyl (C=O) groups is 1. The quantitative estimate of drug-likeness (QED) is 0.876. The van der Waals surface area contributed by atoms with Crippen molar-refractivity contribution in [2.24, 2.45) is 0 Å². The van der Waals surface area contributed by atoms with Crippen molar-refractivity contribution in [3.05, 3.63) is 41.8 Å². The molecule has 100 valence electrons. The number of hydrogen-bond acceptors (Lipinski definition) is 4. The Morgan fingerprint density at radius 1 is 1.42 bits per heavy atom. The maximum absolute atomic E-state index is 11.2. The van der Waals surface area contributed by atoms with Gasteiger partial charge in [0.15, 0.2) is 0 Å². The number of nitrogens with one attached hydrogen (secondary N) is 1. The molecule has 0 saturated carbocycles. The van der Waals surface area contributed by atoms with Gasteiger partial charge in [-0.2, -0.15) is 0 Å². The molecule has 0 aliphatic heterocycles. The second-order valence-electron chi connectivity index (χ2n) is 4.40. The van der Waals surface area contributed by atoms with E-state index in [2.05, 4.69) is 10.3 Å². The summed E-state index contributed by atoms with van der Waals surface area (Å²) in [6.07, 6.45) is 0.473. The average Bonchev–Trinajstić information content (AvgIpc) is 2.85. The Kier molecular flexibility index (Phi) is 3.97. The summed E-state index contributed by atoms with van der Waals surface area (Å²) in [6, 6.07) is 7.82. The zero-order chi connectivity index (χ0) is 13.8. The van der Waals surface area contributed by atoms with Crippen molar-refractivity contribution in [2.45, 2.75) is 26.5 Å². The zero-order valence-electron chi connectivity index (χ0n) is 10.9. The van der Waals surface area contributed by atoms with Crippen LogP contribution in [0.2, 0.25) is 0 Å². The monoisotopic (exact) mass is 260 g/mol.